The summed E-state index contributed by atoms with van der Waals surface area (Å²) >= 11 is 0. The molecule has 0 unspecified atom stereocenters. The van der Waals surface area contributed by atoms with Crippen LogP contribution in [0.2, 0.25) is 0 Å². The summed E-state index contributed by atoms with van der Waals surface area (Å²) in [7, 11) is 0. The van der Waals surface area contributed by atoms with Crippen molar-refractivity contribution in [1.29, 1.82) is 0 Å². The van der Waals surface area contributed by atoms with Gasteiger partial charge in [0.15, 0.2) is 0 Å². The Kier molecular flexibility index (Phi) is 9.28. The van der Waals surface area contributed by atoms with E-state index in [0.717, 1.165) is 0 Å². The lowest BCUT2D eigenvalue weighted by molar-refractivity contribution is 0.549. The van der Waals surface area contributed by atoms with Crippen molar-refractivity contribution >= 4 is 44.7 Å². The van der Waals surface area contributed by atoms with Crippen molar-refractivity contribution in [2.45, 2.75) is 69.1 Å². The van der Waals surface area contributed by atoms with E-state index >= 15 is 0 Å². The molecule has 1 heteroatoms. The number of aromatic nitrogens is 1. The van der Waals surface area contributed by atoms with Gasteiger partial charge in [-0.15, -0.1) is 0 Å². The Labute approximate surface area is 422 Å². The van der Waals surface area contributed by atoms with Crippen molar-refractivity contribution in [3.05, 3.63) is 245 Å². The fraction of sp³-hybridized carbons (Fsp3) is 0.155. The Morgan fingerprint density at radius 3 is 1.38 bits per heavy atom. The first kappa shape index (κ1) is 41.8. The minimum atomic E-state index is 0.0810. The molecular weight excluding hydrogens is 867 g/mol. The topological polar surface area (TPSA) is 4.93 Å². The molecule has 0 radical (unpaired) electrons. The molecule has 0 amide bonds. The number of nitrogens with zero attached hydrogens (tertiary/aromatic N) is 1. The SMILES string of the molecule is Cc1ccc2c(c1)C1(CCCC1)c1cc(-c3ccc4c(c3)C3(CCCC3)c3cc(-c5ccc(C=Cc6ccc(-c7ccc8c(c7)c7ccccc7n8-c7ccc8ccccc8c7)cc6)cc5)ccc3-4)ccc1-2. The second-order valence-electron chi connectivity index (χ2n) is 21.6. The molecule has 1 nitrogen and oxygen atoms in total. The Morgan fingerprint density at radius 1 is 0.347 bits per heavy atom. The van der Waals surface area contributed by atoms with Gasteiger partial charge in [0, 0.05) is 27.3 Å². The van der Waals surface area contributed by atoms with Crippen LogP contribution in [0.4, 0.5) is 0 Å². The van der Waals surface area contributed by atoms with Crippen LogP contribution in [0, 0.1) is 6.92 Å². The van der Waals surface area contributed by atoms with Crippen molar-refractivity contribution in [3.8, 4) is 61.3 Å². The molecule has 0 saturated heterocycles. The molecule has 2 fully saturated rings. The van der Waals surface area contributed by atoms with Crippen molar-refractivity contribution < 1.29 is 0 Å². The molecular formula is C71H55N. The minimum absolute atomic E-state index is 0.0810. The number of para-hydroxylation sites is 1. The van der Waals surface area contributed by atoms with E-state index in [2.05, 4.69) is 230 Å². The third-order valence-corrected chi connectivity index (χ3v) is 17.7. The van der Waals surface area contributed by atoms with Crippen LogP contribution in [0.5, 0.6) is 0 Å². The lowest BCUT2D eigenvalue weighted by Crippen LogP contribution is -2.21. The van der Waals surface area contributed by atoms with E-state index in [9.17, 15) is 0 Å². The molecule has 4 aliphatic carbocycles. The normalized spacial score (nSPS) is 15.8. The summed E-state index contributed by atoms with van der Waals surface area (Å²) in [6.45, 7) is 2.26. The van der Waals surface area contributed by atoms with Crippen molar-refractivity contribution in [2.24, 2.45) is 0 Å². The van der Waals surface area contributed by atoms with Crippen molar-refractivity contribution in [2.75, 3.05) is 0 Å². The summed E-state index contributed by atoms with van der Waals surface area (Å²) < 4.78 is 2.41. The predicted octanol–water partition coefficient (Wildman–Crippen LogP) is 19.1. The van der Waals surface area contributed by atoms with Gasteiger partial charge in [-0.3, -0.25) is 0 Å². The summed E-state index contributed by atoms with van der Waals surface area (Å²) in [5, 5.41) is 5.05. The highest BCUT2D eigenvalue weighted by molar-refractivity contribution is 6.10. The van der Waals surface area contributed by atoms with E-state index in [1.807, 2.05) is 0 Å². The number of fused-ring (bicyclic) bond motifs is 14. The van der Waals surface area contributed by atoms with Gasteiger partial charge in [0.05, 0.1) is 11.0 Å². The van der Waals surface area contributed by atoms with Gasteiger partial charge >= 0.3 is 0 Å². The van der Waals surface area contributed by atoms with Crippen molar-refractivity contribution in [3.63, 3.8) is 0 Å². The monoisotopic (exact) mass is 921 g/mol. The van der Waals surface area contributed by atoms with E-state index in [-0.39, 0.29) is 10.8 Å². The van der Waals surface area contributed by atoms with Gasteiger partial charge < -0.3 is 4.57 Å². The van der Waals surface area contributed by atoms with Gasteiger partial charge in [0.2, 0.25) is 0 Å². The molecule has 72 heavy (non-hydrogen) atoms. The van der Waals surface area contributed by atoms with Gasteiger partial charge in [-0.2, -0.15) is 0 Å². The molecule has 15 rings (SSSR count). The van der Waals surface area contributed by atoms with Gasteiger partial charge in [0.25, 0.3) is 0 Å². The molecule has 1 aromatic heterocycles. The summed E-state index contributed by atoms with van der Waals surface area (Å²) in [4.78, 5) is 0. The lowest BCUT2D eigenvalue weighted by atomic mass is 9.75. The van der Waals surface area contributed by atoms with Crippen LogP contribution in [0.15, 0.2) is 206 Å². The van der Waals surface area contributed by atoms with E-state index in [0.29, 0.717) is 0 Å². The Morgan fingerprint density at radius 2 is 0.792 bits per heavy atom. The molecule has 4 aliphatic rings. The van der Waals surface area contributed by atoms with E-state index in [1.54, 1.807) is 16.7 Å². The van der Waals surface area contributed by atoms with Crippen LogP contribution in [0.1, 0.15) is 90.3 Å². The van der Waals surface area contributed by atoms with E-state index in [4.69, 9.17) is 0 Å². The first-order chi connectivity index (χ1) is 35.5. The zero-order valence-corrected chi connectivity index (χ0v) is 40.9. The fourth-order valence-corrected chi connectivity index (χ4v) is 14.2. The largest absolute Gasteiger partial charge is 0.309 e. The lowest BCUT2D eigenvalue weighted by Gasteiger charge is -2.28. The second kappa shape index (κ2) is 16.0. The smallest absolute Gasteiger partial charge is 0.0541 e. The maximum atomic E-state index is 2.59. The number of hydrogen-bond donors (Lipinski definition) is 0. The molecule has 0 bridgehead atoms. The van der Waals surface area contributed by atoms with Gasteiger partial charge in [0.1, 0.15) is 0 Å². The summed E-state index contributed by atoms with van der Waals surface area (Å²) in [5.41, 5.74) is 27.5. The molecule has 2 spiro atoms. The summed E-state index contributed by atoms with van der Waals surface area (Å²) in [6.07, 6.45) is 14.7. The second-order valence-corrected chi connectivity index (χ2v) is 21.6. The van der Waals surface area contributed by atoms with Crippen LogP contribution in [-0.2, 0) is 10.8 Å². The zero-order valence-electron chi connectivity index (χ0n) is 40.9. The number of benzene rings is 10. The minimum Gasteiger partial charge on any atom is -0.309 e. The standard InChI is InChI=1S/C71H55N/c1-46-14-31-58-59-33-27-55(44-66(59)70(64(58)40-46)36-6-7-37-70)56-28-34-61-60-32-26-54(43-65(60)71(67(61)45-56)38-8-9-39-71)51-23-19-48(20-24-51)16-15-47-17-21-50(22-18-47)53-29-35-69-63(42-53)62-12-4-5-13-68(62)72(69)57-30-25-49-10-2-3-11-52(49)41-57/h2-5,10-35,40-45H,6-9,36-39H2,1H3. The first-order valence-electron chi connectivity index (χ1n) is 26.5. The number of aryl methyl sites for hydroxylation is 1. The van der Waals surface area contributed by atoms with E-state index < -0.39 is 0 Å². The quantitative estimate of drug-likeness (QED) is 0.146. The van der Waals surface area contributed by atoms with Crippen LogP contribution in [0.25, 0.3) is 106 Å². The Bertz CT molecular complexity index is 4030. The predicted molar refractivity (Wildman–Crippen MR) is 304 cm³/mol. The maximum Gasteiger partial charge on any atom is 0.0541 e. The zero-order chi connectivity index (χ0) is 47.5. The number of hydrogen-bond acceptors (Lipinski definition) is 0. The highest BCUT2D eigenvalue weighted by atomic mass is 15.0. The molecule has 0 atom stereocenters. The Hall–Kier alpha value is -8.00. The van der Waals surface area contributed by atoms with Gasteiger partial charge in [-0.25, -0.2) is 0 Å². The molecule has 0 aliphatic heterocycles. The van der Waals surface area contributed by atoms with Crippen LogP contribution < -0.4 is 0 Å². The van der Waals surface area contributed by atoms with Crippen LogP contribution >= 0.6 is 0 Å². The average molecular weight is 922 g/mol. The van der Waals surface area contributed by atoms with Crippen molar-refractivity contribution in [1.82, 2.24) is 4.57 Å². The molecule has 11 aromatic rings. The third-order valence-electron chi connectivity index (χ3n) is 17.7. The van der Waals surface area contributed by atoms with Crippen LogP contribution in [0.3, 0.4) is 0 Å². The maximum absolute atomic E-state index is 2.59. The molecule has 2 saturated carbocycles. The molecule has 0 N–H and O–H groups in total. The Balaban J connectivity index is 0.681. The summed E-state index contributed by atoms with van der Waals surface area (Å²) in [5.74, 6) is 0. The molecule has 10 aromatic carbocycles. The highest BCUT2D eigenvalue weighted by Gasteiger charge is 2.47. The van der Waals surface area contributed by atoms with E-state index in [1.165, 1.54) is 168 Å². The van der Waals surface area contributed by atoms with Gasteiger partial charge in [-0.05, 0) is 181 Å². The van der Waals surface area contributed by atoms with Crippen LogP contribution in [-0.4, -0.2) is 4.57 Å². The van der Waals surface area contributed by atoms with Gasteiger partial charge in [-0.1, -0.05) is 201 Å². The molecule has 1 heterocycles. The number of rotatable bonds is 6. The third kappa shape index (κ3) is 6.32. The first-order valence-corrected chi connectivity index (χ1v) is 26.5. The summed E-state index contributed by atoms with van der Waals surface area (Å²) in [6, 6.07) is 78.7. The average Bonchev–Trinajstić information content (AvgIpc) is 4.29. The molecule has 344 valence electrons. The highest BCUT2D eigenvalue weighted by Crippen LogP contribution is 2.60. The fourth-order valence-electron chi connectivity index (χ4n) is 14.2.